The molecule has 150 valence electrons. The number of hydrogen-bond acceptors (Lipinski definition) is 4. The topological polar surface area (TPSA) is 73.2 Å². The van der Waals surface area contributed by atoms with Crippen LogP contribution in [0, 0.1) is 0 Å². The number of nitrogens with zero attached hydrogens (tertiary/aromatic N) is 2. The van der Waals surface area contributed by atoms with E-state index in [4.69, 9.17) is 4.74 Å². The number of carbonyl (C=O) groups excluding carboxylic acids is 1. The Bertz CT molecular complexity index is 1060. The number of aromatic nitrogens is 2. The fourth-order valence-electron chi connectivity index (χ4n) is 3.87. The minimum Gasteiger partial charge on any atom is -0.481 e. The van der Waals surface area contributed by atoms with Gasteiger partial charge in [0.25, 0.3) is 11.5 Å². The summed E-state index contributed by atoms with van der Waals surface area (Å²) in [7, 11) is 0. The maximum atomic E-state index is 12.9. The highest BCUT2D eigenvalue weighted by Crippen LogP contribution is 2.28. The molecule has 0 aliphatic heterocycles. The van der Waals surface area contributed by atoms with Gasteiger partial charge in [-0.2, -0.15) is 5.10 Å². The largest absolute Gasteiger partial charge is 0.481 e. The zero-order chi connectivity index (χ0) is 20.2. The lowest BCUT2D eigenvalue weighted by atomic mass is 10.1. The van der Waals surface area contributed by atoms with Gasteiger partial charge in [-0.3, -0.25) is 9.59 Å². The van der Waals surface area contributed by atoms with Crippen molar-refractivity contribution in [2.24, 2.45) is 0 Å². The van der Waals surface area contributed by atoms with Crippen molar-refractivity contribution < 1.29 is 9.53 Å². The third-order valence-electron chi connectivity index (χ3n) is 5.43. The van der Waals surface area contributed by atoms with E-state index in [0.717, 1.165) is 31.1 Å². The van der Waals surface area contributed by atoms with Crippen molar-refractivity contribution in [2.45, 2.75) is 51.3 Å². The molecule has 1 aliphatic carbocycles. The average molecular weight is 391 g/mol. The van der Waals surface area contributed by atoms with Gasteiger partial charge < -0.3 is 10.1 Å². The SMILES string of the molecule is C[C@@H](Oc1ccccc1)C(=O)NCc1nn(C2CCCC2)c(=O)c2ccccc12. The van der Waals surface area contributed by atoms with Crippen LogP contribution >= 0.6 is 0 Å². The quantitative estimate of drug-likeness (QED) is 0.697. The van der Waals surface area contributed by atoms with Gasteiger partial charge in [-0.05, 0) is 38.0 Å². The minimum atomic E-state index is -0.635. The fraction of sp³-hybridized carbons (Fsp3) is 0.348. The zero-order valence-corrected chi connectivity index (χ0v) is 16.5. The number of ether oxygens (including phenoxy) is 1. The molecule has 0 radical (unpaired) electrons. The number of nitrogens with one attached hydrogen (secondary N) is 1. The minimum absolute atomic E-state index is 0.0524. The Hall–Kier alpha value is -3.15. The summed E-state index contributed by atoms with van der Waals surface area (Å²) in [4.78, 5) is 25.4. The molecule has 4 rings (SSSR count). The second-order valence-electron chi connectivity index (χ2n) is 7.47. The number of fused-ring (bicyclic) bond motifs is 1. The maximum Gasteiger partial charge on any atom is 0.274 e. The highest BCUT2D eigenvalue weighted by molar-refractivity contribution is 5.85. The molecular weight excluding hydrogens is 366 g/mol. The van der Waals surface area contributed by atoms with E-state index in [1.165, 1.54) is 0 Å². The molecule has 1 fully saturated rings. The number of para-hydroxylation sites is 1. The number of hydrogen-bond donors (Lipinski definition) is 1. The Labute approximate surface area is 169 Å². The van der Waals surface area contributed by atoms with E-state index >= 15 is 0 Å². The van der Waals surface area contributed by atoms with Crippen molar-refractivity contribution in [1.82, 2.24) is 15.1 Å². The molecule has 1 aromatic heterocycles. The molecule has 1 heterocycles. The summed E-state index contributed by atoms with van der Waals surface area (Å²) in [6.07, 6.45) is 3.54. The average Bonchev–Trinajstić information content (AvgIpc) is 3.28. The van der Waals surface area contributed by atoms with Crippen LogP contribution in [-0.2, 0) is 11.3 Å². The number of carbonyl (C=O) groups is 1. The lowest BCUT2D eigenvalue weighted by molar-refractivity contribution is -0.127. The van der Waals surface area contributed by atoms with Crippen LogP contribution < -0.4 is 15.6 Å². The Morgan fingerprint density at radius 3 is 2.48 bits per heavy atom. The predicted octanol–water partition coefficient (Wildman–Crippen LogP) is 3.60. The molecule has 6 nitrogen and oxygen atoms in total. The molecule has 0 bridgehead atoms. The second-order valence-corrected chi connectivity index (χ2v) is 7.47. The van der Waals surface area contributed by atoms with E-state index in [2.05, 4.69) is 10.4 Å². The molecular formula is C23H25N3O3. The molecule has 0 spiro atoms. The van der Waals surface area contributed by atoms with Crippen LogP contribution in [0.15, 0.2) is 59.4 Å². The van der Waals surface area contributed by atoms with Crippen LogP contribution in [0.4, 0.5) is 0 Å². The van der Waals surface area contributed by atoms with Gasteiger partial charge in [-0.1, -0.05) is 49.2 Å². The van der Waals surface area contributed by atoms with Crippen molar-refractivity contribution in [3.8, 4) is 5.75 Å². The van der Waals surface area contributed by atoms with Crippen molar-refractivity contribution in [2.75, 3.05) is 0 Å². The Morgan fingerprint density at radius 1 is 1.10 bits per heavy atom. The third kappa shape index (κ3) is 4.16. The summed E-state index contributed by atoms with van der Waals surface area (Å²) in [5.74, 6) is 0.423. The van der Waals surface area contributed by atoms with Gasteiger partial charge in [0.2, 0.25) is 0 Å². The van der Waals surface area contributed by atoms with Gasteiger partial charge in [0.1, 0.15) is 5.75 Å². The fourth-order valence-corrected chi connectivity index (χ4v) is 3.87. The first-order chi connectivity index (χ1) is 14.1. The first kappa shape index (κ1) is 19.2. The van der Waals surface area contributed by atoms with E-state index in [9.17, 15) is 9.59 Å². The number of benzene rings is 2. The van der Waals surface area contributed by atoms with Gasteiger partial charge in [0, 0.05) is 5.39 Å². The van der Waals surface area contributed by atoms with Crippen LogP contribution in [0.25, 0.3) is 10.8 Å². The molecule has 2 aromatic carbocycles. The predicted molar refractivity (Wildman–Crippen MR) is 112 cm³/mol. The zero-order valence-electron chi connectivity index (χ0n) is 16.5. The lowest BCUT2D eigenvalue weighted by Gasteiger charge is -2.17. The molecule has 0 unspecified atom stereocenters. The van der Waals surface area contributed by atoms with E-state index < -0.39 is 6.10 Å². The van der Waals surface area contributed by atoms with E-state index in [0.29, 0.717) is 16.8 Å². The molecule has 29 heavy (non-hydrogen) atoms. The molecule has 1 N–H and O–H groups in total. The summed E-state index contributed by atoms with van der Waals surface area (Å²) in [5.41, 5.74) is 0.649. The van der Waals surface area contributed by atoms with Crippen LogP contribution in [-0.4, -0.2) is 21.8 Å². The van der Waals surface area contributed by atoms with Gasteiger partial charge in [0.05, 0.1) is 23.7 Å². The van der Waals surface area contributed by atoms with Crippen molar-refractivity contribution in [3.63, 3.8) is 0 Å². The second kappa shape index (κ2) is 8.47. The molecule has 3 aromatic rings. The maximum absolute atomic E-state index is 12.9. The first-order valence-corrected chi connectivity index (χ1v) is 10.1. The van der Waals surface area contributed by atoms with Gasteiger partial charge in [-0.25, -0.2) is 4.68 Å². The highest BCUT2D eigenvalue weighted by Gasteiger charge is 2.22. The molecule has 1 saturated carbocycles. The van der Waals surface area contributed by atoms with Crippen molar-refractivity contribution in [3.05, 3.63) is 70.6 Å². The summed E-state index contributed by atoms with van der Waals surface area (Å²) in [5, 5.41) is 8.98. The molecule has 1 aliphatic rings. The normalized spacial score (nSPS) is 15.3. The standard InChI is InChI=1S/C23H25N3O3/c1-16(29-18-11-3-2-4-12-18)22(27)24-15-21-19-13-7-8-14-20(19)23(28)26(25-21)17-9-5-6-10-17/h2-4,7-8,11-14,16-17H,5-6,9-10,15H2,1H3,(H,24,27)/t16-/m1/s1. The Morgan fingerprint density at radius 2 is 1.76 bits per heavy atom. The Kier molecular flexibility index (Phi) is 5.60. The smallest absolute Gasteiger partial charge is 0.274 e. The summed E-state index contributed by atoms with van der Waals surface area (Å²) >= 11 is 0. The van der Waals surface area contributed by atoms with E-state index in [1.807, 2.05) is 54.6 Å². The van der Waals surface area contributed by atoms with Crippen molar-refractivity contribution >= 4 is 16.7 Å². The van der Waals surface area contributed by atoms with Gasteiger partial charge in [0.15, 0.2) is 6.10 Å². The Balaban J connectivity index is 1.54. The number of amides is 1. The van der Waals surface area contributed by atoms with Gasteiger partial charge >= 0.3 is 0 Å². The summed E-state index contributed by atoms with van der Waals surface area (Å²) in [6.45, 7) is 1.96. The monoisotopic (exact) mass is 391 g/mol. The summed E-state index contributed by atoms with van der Waals surface area (Å²) < 4.78 is 7.31. The number of rotatable bonds is 6. The molecule has 1 amide bonds. The van der Waals surface area contributed by atoms with Crippen LogP contribution in [0.1, 0.15) is 44.3 Å². The highest BCUT2D eigenvalue weighted by atomic mass is 16.5. The van der Waals surface area contributed by atoms with Crippen LogP contribution in [0.3, 0.4) is 0 Å². The third-order valence-corrected chi connectivity index (χ3v) is 5.43. The van der Waals surface area contributed by atoms with Crippen molar-refractivity contribution in [1.29, 1.82) is 0 Å². The lowest BCUT2D eigenvalue weighted by Crippen LogP contribution is -2.37. The molecule has 1 atom stereocenters. The molecule has 0 saturated heterocycles. The first-order valence-electron chi connectivity index (χ1n) is 10.1. The van der Waals surface area contributed by atoms with Crippen LogP contribution in [0.2, 0.25) is 0 Å². The van der Waals surface area contributed by atoms with Crippen LogP contribution in [0.5, 0.6) is 5.75 Å². The van der Waals surface area contributed by atoms with E-state index in [-0.39, 0.29) is 24.1 Å². The molecule has 6 heteroatoms. The van der Waals surface area contributed by atoms with E-state index in [1.54, 1.807) is 11.6 Å². The van der Waals surface area contributed by atoms with Gasteiger partial charge in [-0.15, -0.1) is 0 Å². The summed E-state index contributed by atoms with van der Waals surface area (Å²) in [6, 6.07) is 16.9.